The van der Waals surface area contributed by atoms with Gasteiger partial charge in [-0.2, -0.15) is 0 Å². The Bertz CT molecular complexity index is 934. The predicted octanol–water partition coefficient (Wildman–Crippen LogP) is 4.24. The monoisotopic (exact) mass is 386 g/mol. The van der Waals surface area contributed by atoms with Crippen LogP contribution in [0.2, 0.25) is 0 Å². The van der Waals surface area contributed by atoms with Crippen LogP contribution in [0.4, 0.5) is 0 Å². The van der Waals surface area contributed by atoms with Gasteiger partial charge in [0.25, 0.3) is 5.56 Å². The summed E-state index contributed by atoms with van der Waals surface area (Å²) in [6.07, 6.45) is 2.35. The summed E-state index contributed by atoms with van der Waals surface area (Å²) in [5.74, 6) is 0.905. The van der Waals surface area contributed by atoms with Crippen molar-refractivity contribution in [1.82, 2.24) is 9.55 Å². The molecule has 3 aromatic rings. The van der Waals surface area contributed by atoms with Gasteiger partial charge in [0.15, 0.2) is 0 Å². The van der Waals surface area contributed by atoms with Crippen molar-refractivity contribution in [3.05, 3.63) is 68.7 Å². The Morgan fingerprint density at radius 1 is 1.17 bits per heavy atom. The fourth-order valence-electron chi connectivity index (χ4n) is 2.57. The average Bonchev–Trinajstić information content (AvgIpc) is 2.57. The van der Waals surface area contributed by atoms with Crippen molar-refractivity contribution >= 4 is 26.8 Å². The molecule has 2 aromatic carbocycles. The lowest BCUT2D eigenvalue weighted by Crippen LogP contribution is -2.21. The molecular weight excluding hydrogens is 368 g/mol. The number of hydrogen-bond donors (Lipinski definition) is 0. The maximum absolute atomic E-state index is 12.5. The summed E-state index contributed by atoms with van der Waals surface area (Å²) in [6.45, 7) is 5.22. The zero-order valence-electron chi connectivity index (χ0n) is 13.8. The number of aromatic nitrogens is 2. The minimum atomic E-state index is -0.0203. The lowest BCUT2D eigenvalue weighted by molar-refractivity contribution is 0.299. The highest BCUT2D eigenvalue weighted by Gasteiger charge is 2.05. The van der Waals surface area contributed by atoms with Crippen LogP contribution in [0.1, 0.15) is 17.5 Å². The number of benzene rings is 2. The molecule has 1 aromatic heterocycles. The molecule has 0 aliphatic carbocycles. The summed E-state index contributed by atoms with van der Waals surface area (Å²) < 4.78 is 8.36. The third kappa shape index (κ3) is 3.67. The van der Waals surface area contributed by atoms with Crippen LogP contribution >= 0.6 is 15.9 Å². The van der Waals surface area contributed by atoms with E-state index < -0.39 is 0 Å². The second kappa shape index (κ2) is 7.18. The molecule has 0 bridgehead atoms. The molecule has 0 N–H and O–H groups in total. The summed E-state index contributed by atoms with van der Waals surface area (Å²) in [6, 6.07) is 11.7. The molecule has 3 rings (SSSR count). The van der Waals surface area contributed by atoms with E-state index in [0.29, 0.717) is 24.1 Å². The molecule has 0 amide bonds. The number of nitrogens with zero attached hydrogens (tertiary/aromatic N) is 2. The summed E-state index contributed by atoms with van der Waals surface area (Å²) in [7, 11) is 0. The van der Waals surface area contributed by atoms with Gasteiger partial charge >= 0.3 is 0 Å². The maximum Gasteiger partial charge on any atom is 0.261 e. The lowest BCUT2D eigenvalue weighted by atomic mass is 10.1. The fraction of sp³-hybridized carbons (Fsp3) is 0.263. The number of hydrogen-bond acceptors (Lipinski definition) is 3. The van der Waals surface area contributed by atoms with E-state index in [1.165, 1.54) is 5.56 Å². The van der Waals surface area contributed by atoms with Crippen LogP contribution in [-0.4, -0.2) is 16.2 Å². The number of ether oxygens (including phenoxy) is 1. The molecule has 0 aliphatic heterocycles. The van der Waals surface area contributed by atoms with Gasteiger partial charge in [0.2, 0.25) is 0 Å². The number of rotatable bonds is 5. The molecule has 0 unspecified atom stereocenters. The molecule has 5 heteroatoms. The first-order valence-corrected chi connectivity index (χ1v) is 8.68. The molecule has 0 saturated heterocycles. The van der Waals surface area contributed by atoms with Crippen LogP contribution in [0.3, 0.4) is 0 Å². The number of halogens is 1. The quantitative estimate of drug-likeness (QED) is 0.615. The molecule has 124 valence electrons. The third-order valence-electron chi connectivity index (χ3n) is 3.93. The predicted molar refractivity (Wildman–Crippen MR) is 99.7 cm³/mol. The Kier molecular flexibility index (Phi) is 5.00. The second-order valence-electron chi connectivity index (χ2n) is 5.88. The largest absolute Gasteiger partial charge is 0.493 e. The average molecular weight is 387 g/mol. The summed E-state index contributed by atoms with van der Waals surface area (Å²) in [5, 5.41) is 0.627. The van der Waals surface area contributed by atoms with Gasteiger partial charge in [-0.1, -0.05) is 28.1 Å². The van der Waals surface area contributed by atoms with E-state index in [0.717, 1.165) is 22.2 Å². The minimum Gasteiger partial charge on any atom is -0.493 e. The van der Waals surface area contributed by atoms with Crippen molar-refractivity contribution in [1.29, 1.82) is 0 Å². The van der Waals surface area contributed by atoms with Gasteiger partial charge in [0, 0.05) is 11.0 Å². The van der Waals surface area contributed by atoms with Crippen LogP contribution in [0.15, 0.2) is 52.0 Å². The van der Waals surface area contributed by atoms with Crippen molar-refractivity contribution in [2.45, 2.75) is 26.8 Å². The minimum absolute atomic E-state index is 0.0203. The zero-order chi connectivity index (χ0) is 17.1. The first-order chi connectivity index (χ1) is 11.5. The molecule has 0 atom stereocenters. The van der Waals surface area contributed by atoms with Crippen LogP contribution in [-0.2, 0) is 6.54 Å². The van der Waals surface area contributed by atoms with Crippen LogP contribution < -0.4 is 10.3 Å². The SMILES string of the molecule is Cc1ccc(C)c(OCCCn2cnc3ccc(Br)cc3c2=O)c1. The third-order valence-corrected chi connectivity index (χ3v) is 4.42. The van der Waals surface area contributed by atoms with Crippen molar-refractivity contribution in [2.24, 2.45) is 0 Å². The molecule has 0 fully saturated rings. The van der Waals surface area contributed by atoms with E-state index >= 15 is 0 Å². The Morgan fingerprint density at radius 2 is 2.00 bits per heavy atom. The topological polar surface area (TPSA) is 44.1 Å². The maximum atomic E-state index is 12.5. The van der Waals surface area contributed by atoms with Crippen molar-refractivity contribution in [2.75, 3.05) is 6.61 Å². The van der Waals surface area contributed by atoms with Crippen LogP contribution in [0, 0.1) is 13.8 Å². The molecule has 1 heterocycles. The molecule has 0 spiro atoms. The molecule has 24 heavy (non-hydrogen) atoms. The Hall–Kier alpha value is -2.14. The summed E-state index contributed by atoms with van der Waals surface area (Å²) in [5.41, 5.74) is 2.99. The smallest absolute Gasteiger partial charge is 0.261 e. The first kappa shape index (κ1) is 16.7. The Morgan fingerprint density at radius 3 is 2.83 bits per heavy atom. The number of aryl methyl sites for hydroxylation is 3. The van der Waals surface area contributed by atoms with Gasteiger partial charge in [-0.05, 0) is 55.7 Å². The van der Waals surface area contributed by atoms with Gasteiger partial charge in [-0.3, -0.25) is 9.36 Å². The van der Waals surface area contributed by atoms with Gasteiger partial charge < -0.3 is 4.74 Å². The van der Waals surface area contributed by atoms with Gasteiger partial charge in [-0.15, -0.1) is 0 Å². The standard InChI is InChI=1S/C19H19BrN2O2/c1-13-4-5-14(2)18(10-13)24-9-3-8-22-12-21-17-7-6-15(20)11-16(17)19(22)23/h4-7,10-12H,3,8-9H2,1-2H3. The fourth-order valence-corrected chi connectivity index (χ4v) is 2.93. The molecule has 0 aliphatic rings. The van der Waals surface area contributed by atoms with E-state index in [4.69, 9.17) is 4.74 Å². The van der Waals surface area contributed by atoms with E-state index in [1.807, 2.05) is 38.1 Å². The summed E-state index contributed by atoms with van der Waals surface area (Å²) >= 11 is 3.40. The van der Waals surface area contributed by atoms with Crippen LogP contribution in [0.25, 0.3) is 10.9 Å². The molecule has 0 radical (unpaired) electrons. The second-order valence-corrected chi connectivity index (χ2v) is 6.79. The molecular formula is C19H19BrN2O2. The van der Waals surface area contributed by atoms with Crippen LogP contribution in [0.5, 0.6) is 5.75 Å². The van der Waals surface area contributed by atoms with E-state index in [9.17, 15) is 4.79 Å². The Labute approximate surface area is 149 Å². The Balaban J connectivity index is 1.67. The van der Waals surface area contributed by atoms with E-state index in [2.05, 4.69) is 33.0 Å². The van der Waals surface area contributed by atoms with Crippen molar-refractivity contribution < 1.29 is 4.74 Å². The molecule has 4 nitrogen and oxygen atoms in total. The molecule has 0 saturated carbocycles. The van der Waals surface area contributed by atoms with E-state index in [1.54, 1.807) is 10.9 Å². The number of fused-ring (bicyclic) bond motifs is 1. The summed E-state index contributed by atoms with van der Waals surface area (Å²) in [4.78, 5) is 16.9. The normalized spacial score (nSPS) is 11.0. The van der Waals surface area contributed by atoms with Crippen molar-refractivity contribution in [3.8, 4) is 5.75 Å². The van der Waals surface area contributed by atoms with Gasteiger partial charge in [0.05, 0.1) is 23.8 Å². The zero-order valence-corrected chi connectivity index (χ0v) is 15.3. The van der Waals surface area contributed by atoms with Crippen molar-refractivity contribution in [3.63, 3.8) is 0 Å². The lowest BCUT2D eigenvalue weighted by Gasteiger charge is -2.11. The highest BCUT2D eigenvalue weighted by atomic mass is 79.9. The van der Waals surface area contributed by atoms with Gasteiger partial charge in [-0.25, -0.2) is 4.98 Å². The first-order valence-electron chi connectivity index (χ1n) is 7.89. The van der Waals surface area contributed by atoms with E-state index in [-0.39, 0.29) is 5.56 Å². The van der Waals surface area contributed by atoms with Gasteiger partial charge in [0.1, 0.15) is 5.75 Å². The highest BCUT2D eigenvalue weighted by molar-refractivity contribution is 9.10. The highest BCUT2D eigenvalue weighted by Crippen LogP contribution is 2.19.